The molecule has 0 aliphatic heterocycles. The molecule has 0 radical (unpaired) electrons. The number of hydrogen-bond donors (Lipinski definition) is 2. The maximum absolute atomic E-state index is 12.1. The molecule has 2 rings (SSSR count). The number of sulfone groups is 1. The number of rotatable bonds is 3. The quantitative estimate of drug-likeness (QED) is 0.911. The van der Waals surface area contributed by atoms with Crippen LogP contribution in [-0.4, -0.2) is 25.6 Å². The molecule has 5 nitrogen and oxygen atoms in total. The number of benzene rings is 1. The topological polar surface area (TPSA) is 79.0 Å². The van der Waals surface area contributed by atoms with Gasteiger partial charge in [-0.2, -0.15) is 0 Å². The number of H-pyrrole nitrogens is 1. The van der Waals surface area contributed by atoms with Gasteiger partial charge in [-0.1, -0.05) is 0 Å². The van der Waals surface area contributed by atoms with Gasteiger partial charge in [0.15, 0.2) is 9.84 Å². The van der Waals surface area contributed by atoms with Crippen LogP contribution >= 0.6 is 0 Å². The van der Waals surface area contributed by atoms with E-state index in [1.165, 1.54) is 12.1 Å². The number of anilines is 1. The van der Waals surface area contributed by atoms with Crippen LogP contribution in [0.3, 0.4) is 0 Å². The Bertz CT molecular complexity index is 743. The van der Waals surface area contributed by atoms with Crippen molar-refractivity contribution in [3.63, 3.8) is 0 Å². The van der Waals surface area contributed by atoms with Crippen molar-refractivity contribution < 1.29 is 13.2 Å². The standard InChI is InChI=1S/C14H16N2O3S/c1-9-8-13(10(2)15-9)14(17)16-11-4-6-12(7-5-11)20(3,18)19/h4-8,15H,1-3H3,(H,16,17). The molecule has 0 bridgehead atoms. The van der Waals surface area contributed by atoms with Crippen molar-refractivity contribution in [2.24, 2.45) is 0 Å². The van der Waals surface area contributed by atoms with Gasteiger partial charge >= 0.3 is 0 Å². The zero-order valence-electron chi connectivity index (χ0n) is 11.5. The number of nitrogens with one attached hydrogen (secondary N) is 2. The van der Waals surface area contributed by atoms with Crippen molar-refractivity contribution in [2.75, 3.05) is 11.6 Å². The summed E-state index contributed by atoms with van der Waals surface area (Å²) in [7, 11) is -3.22. The van der Waals surface area contributed by atoms with E-state index in [2.05, 4.69) is 10.3 Å². The fourth-order valence-corrected chi connectivity index (χ4v) is 2.57. The van der Waals surface area contributed by atoms with E-state index in [4.69, 9.17) is 0 Å². The highest BCUT2D eigenvalue weighted by atomic mass is 32.2. The zero-order valence-corrected chi connectivity index (χ0v) is 12.3. The lowest BCUT2D eigenvalue weighted by Crippen LogP contribution is -2.12. The predicted octanol–water partition coefficient (Wildman–Crippen LogP) is 2.29. The lowest BCUT2D eigenvalue weighted by Gasteiger charge is -2.05. The maximum Gasteiger partial charge on any atom is 0.257 e. The summed E-state index contributed by atoms with van der Waals surface area (Å²) in [5.74, 6) is -0.223. The minimum absolute atomic E-state index is 0.223. The minimum atomic E-state index is -3.22. The fourth-order valence-electron chi connectivity index (χ4n) is 1.94. The van der Waals surface area contributed by atoms with Gasteiger partial charge in [0.05, 0.1) is 10.5 Å². The number of carbonyl (C=O) groups is 1. The van der Waals surface area contributed by atoms with Crippen molar-refractivity contribution in [1.29, 1.82) is 0 Å². The second-order valence-electron chi connectivity index (χ2n) is 4.74. The summed E-state index contributed by atoms with van der Waals surface area (Å²) >= 11 is 0. The third-order valence-electron chi connectivity index (χ3n) is 2.93. The Kier molecular flexibility index (Phi) is 3.67. The van der Waals surface area contributed by atoms with Gasteiger partial charge in [0.25, 0.3) is 5.91 Å². The highest BCUT2D eigenvalue weighted by Gasteiger charge is 2.12. The van der Waals surface area contributed by atoms with Gasteiger partial charge in [-0.3, -0.25) is 4.79 Å². The first-order chi connectivity index (χ1) is 9.27. The molecule has 1 amide bonds. The molecule has 1 aromatic carbocycles. The monoisotopic (exact) mass is 292 g/mol. The predicted molar refractivity (Wildman–Crippen MR) is 77.8 cm³/mol. The van der Waals surface area contributed by atoms with Gasteiger partial charge in [-0.15, -0.1) is 0 Å². The second-order valence-corrected chi connectivity index (χ2v) is 6.76. The first-order valence-corrected chi connectivity index (χ1v) is 7.94. The molecule has 0 aliphatic carbocycles. The molecule has 106 valence electrons. The molecule has 2 N–H and O–H groups in total. The Balaban J connectivity index is 2.18. The number of hydrogen-bond acceptors (Lipinski definition) is 3. The maximum atomic E-state index is 12.1. The van der Waals surface area contributed by atoms with Crippen molar-refractivity contribution in [3.8, 4) is 0 Å². The number of aryl methyl sites for hydroxylation is 2. The molecule has 6 heteroatoms. The van der Waals surface area contributed by atoms with Crippen LogP contribution in [0.2, 0.25) is 0 Å². The molecule has 0 saturated carbocycles. The highest BCUT2D eigenvalue weighted by Crippen LogP contribution is 2.16. The molecule has 1 aromatic heterocycles. The fraction of sp³-hybridized carbons (Fsp3) is 0.214. The number of aromatic amines is 1. The van der Waals surface area contributed by atoms with Crippen LogP contribution in [0.15, 0.2) is 35.2 Å². The SMILES string of the molecule is Cc1cc(C(=O)Nc2ccc(S(C)(=O)=O)cc2)c(C)[nH]1. The van der Waals surface area contributed by atoms with Crippen molar-refractivity contribution in [3.05, 3.63) is 47.3 Å². The molecular formula is C14H16N2O3S. The Morgan fingerprint density at radius 2 is 1.75 bits per heavy atom. The summed E-state index contributed by atoms with van der Waals surface area (Å²) in [6.45, 7) is 3.71. The molecule has 0 unspecified atom stereocenters. The lowest BCUT2D eigenvalue weighted by molar-refractivity contribution is 0.102. The summed E-state index contributed by atoms with van der Waals surface area (Å²) in [5.41, 5.74) is 2.85. The average Bonchev–Trinajstić information content (AvgIpc) is 2.68. The first-order valence-electron chi connectivity index (χ1n) is 6.05. The Morgan fingerprint density at radius 3 is 2.20 bits per heavy atom. The highest BCUT2D eigenvalue weighted by molar-refractivity contribution is 7.90. The van der Waals surface area contributed by atoms with Crippen molar-refractivity contribution >= 4 is 21.4 Å². The molecule has 0 spiro atoms. The van der Waals surface area contributed by atoms with Crippen molar-refractivity contribution in [1.82, 2.24) is 4.98 Å². The Labute approximate surface area is 117 Å². The van der Waals surface area contributed by atoms with E-state index in [0.29, 0.717) is 11.3 Å². The largest absolute Gasteiger partial charge is 0.362 e. The molecule has 1 heterocycles. The summed E-state index contributed by atoms with van der Waals surface area (Å²) in [5, 5.41) is 2.74. The zero-order chi connectivity index (χ0) is 14.9. The lowest BCUT2D eigenvalue weighted by atomic mass is 10.2. The molecule has 20 heavy (non-hydrogen) atoms. The smallest absolute Gasteiger partial charge is 0.257 e. The molecule has 0 saturated heterocycles. The van der Waals surface area contributed by atoms with Crippen LogP contribution in [0, 0.1) is 13.8 Å². The van der Waals surface area contributed by atoms with Gasteiger partial charge in [-0.25, -0.2) is 8.42 Å². The van der Waals surface area contributed by atoms with Crippen molar-refractivity contribution in [2.45, 2.75) is 18.7 Å². The van der Waals surface area contributed by atoms with Gasteiger partial charge in [0, 0.05) is 23.3 Å². The van der Waals surface area contributed by atoms with Gasteiger partial charge in [-0.05, 0) is 44.2 Å². The van der Waals surface area contributed by atoms with Crippen LogP contribution in [-0.2, 0) is 9.84 Å². The normalized spacial score (nSPS) is 11.3. The van der Waals surface area contributed by atoms with E-state index in [0.717, 1.165) is 17.6 Å². The van der Waals surface area contributed by atoms with Crippen LogP contribution in [0.1, 0.15) is 21.7 Å². The van der Waals surface area contributed by atoms with Gasteiger partial charge in [0.2, 0.25) is 0 Å². The molecular weight excluding hydrogens is 276 g/mol. The molecule has 0 aliphatic rings. The summed E-state index contributed by atoms with van der Waals surface area (Å²) in [6, 6.07) is 7.86. The van der Waals surface area contributed by atoms with E-state index in [-0.39, 0.29) is 10.8 Å². The average molecular weight is 292 g/mol. The van der Waals surface area contributed by atoms with E-state index in [1.54, 1.807) is 18.2 Å². The molecule has 0 atom stereocenters. The van der Waals surface area contributed by atoms with Crippen LogP contribution in [0.4, 0.5) is 5.69 Å². The number of amides is 1. The molecule has 2 aromatic rings. The Morgan fingerprint density at radius 1 is 1.15 bits per heavy atom. The number of carbonyl (C=O) groups excluding carboxylic acids is 1. The van der Waals surface area contributed by atoms with Crippen LogP contribution in [0.25, 0.3) is 0 Å². The first kappa shape index (κ1) is 14.3. The second kappa shape index (κ2) is 5.13. The van der Waals surface area contributed by atoms with E-state index < -0.39 is 9.84 Å². The summed E-state index contributed by atoms with van der Waals surface area (Å²) in [6.07, 6.45) is 1.15. The number of aromatic nitrogens is 1. The van der Waals surface area contributed by atoms with Crippen LogP contribution < -0.4 is 5.32 Å². The van der Waals surface area contributed by atoms with E-state index in [9.17, 15) is 13.2 Å². The minimum Gasteiger partial charge on any atom is -0.362 e. The third-order valence-corrected chi connectivity index (χ3v) is 4.06. The van der Waals surface area contributed by atoms with E-state index in [1.807, 2.05) is 13.8 Å². The summed E-state index contributed by atoms with van der Waals surface area (Å²) in [4.78, 5) is 15.4. The Hall–Kier alpha value is -2.08. The van der Waals surface area contributed by atoms with Gasteiger partial charge in [0.1, 0.15) is 0 Å². The van der Waals surface area contributed by atoms with Gasteiger partial charge < -0.3 is 10.3 Å². The van der Waals surface area contributed by atoms with E-state index >= 15 is 0 Å². The van der Waals surface area contributed by atoms with Crippen LogP contribution in [0.5, 0.6) is 0 Å². The summed E-state index contributed by atoms with van der Waals surface area (Å²) < 4.78 is 22.7. The third kappa shape index (κ3) is 3.08. The molecule has 0 fully saturated rings.